The van der Waals surface area contributed by atoms with Gasteiger partial charge in [-0.2, -0.15) is 0 Å². The summed E-state index contributed by atoms with van der Waals surface area (Å²) in [7, 11) is 0. The average molecular weight is 265 g/mol. The molecule has 1 N–H and O–H groups in total. The van der Waals surface area contributed by atoms with E-state index in [0.29, 0.717) is 13.0 Å². The first kappa shape index (κ1) is 14.5. The summed E-state index contributed by atoms with van der Waals surface area (Å²) in [4.78, 5) is 0. The van der Waals surface area contributed by atoms with E-state index in [1.54, 1.807) is 6.92 Å². The van der Waals surface area contributed by atoms with Gasteiger partial charge in [-0.3, -0.25) is 0 Å². The van der Waals surface area contributed by atoms with Crippen LogP contribution in [0.2, 0.25) is 0 Å². The van der Waals surface area contributed by atoms with Crippen molar-refractivity contribution < 1.29 is 9.13 Å². The van der Waals surface area contributed by atoms with Gasteiger partial charge in [0.15, 0.2) is 0 Å². The van der Waals surface area contributed by atoms with Gasteiger partial charge < -0.3 is 10.1 Å². The van der Waals surface area contributed by atoms with Crippen molar-refractivity contribution in [2.24, 2.45) is 0 Å². The molecule has 1 heterocycles. The first-order chi connectivity index (χ1) is 9.12. The van der Waals surface area contributed by atoms with E-state index in [1.165, 1.54) is 5.56 Å². The molecule has 0 spiro atoms. The van der Waals surface area contributed by atoms with Crippen molar-refractivity contribution in [3.8, 4) is 0 Å². The predicted molar refractivity (Wildman–Crippen MR) is 76.1 cm³/mol. The molecule has 1 saturated heterocycles. The maximum atomic E-state index is 14.9. The Balaban J connectivity index is 2.06. The van der Waals surface area contributed by atoms with Crippen LogP contribution in [0.15, 0.2) is 24.3 Å². The van der Waals surface area contributed by atoms with Crippen LogP contribution >= 0.6 is 0 Å². The highest BCUT2D eigenvalue weighted by Crippen LogP contribution is 2.31. The molecule has 2 unspecified atom stereocenters. The minimum absolute atomic E-state index is 0.110. The van der Waals surface area contributed by atoms with E-state index in [1.807, 2.05) is 18.2 Å². The molecule has 2 atom stereocenters. The summed E-state index contributed by atoms with van der Waals surface area (Å²) in [6, 6.07) is 8.04. The molecule has 3 heteroatoms. The van der Waals surface area contributed by atoms with E-state index in [4.69, 9.17) is 4.74 Å². The smallest absolute Gasteiger partial charge is 0.134 e. The van der Waals surface area contributed by atoms with Gasteiger partial charge in [-0.25, -0.2) is 4.39 Å². The zero-order chi connectivity index (χ0) is 13.7. The molecule has 106 valence electrons. The molecule has 0 saturated carbocycles. The summed E-state index contributed by atoms with van der Waals surface area (Å²) in [6.45, 7) is 5.97. The van der Waals surface area contributed by atoms with Crippen molar-refractivity contribution in [2.45, 2.75) is 44.8 Å². The summed E-state index contributed by atoms with van der Waals surface area (Å²) >= 11 is 0. The lowest BCUT2D eigenvalue weighted by atomic mass is 9.89. The number of benzene rings is 1. The Kier molecular flexibility index (Phi) is 4.94. The fourth-order valence-corrected chi connectivity index (χ4v) is 2.67. The van der Waals surface area contributed by atoms with Crippen molar-refractivity contribution in [1.29, 1.82) is 0 Å². The second kappa shape index (κ2) is 6.49. The highest BCUT2D eigenvalue weighted by Gasteiger charge is 2.30. The molecule has 19 heavy (non-hydrogen) atoms. The molecule has 2 nitrogen and oxygen atoms in total. The zero-order valence-corrected chi connectivity index (χ0v) is 11.9. The van der Waals surface area contributed by atoms with Crippen molar-refractivity contribution in [1.82, 2.24) is 5.32 Å². The van der Waals surface area contributed by atoms with Crippen LogP contribution in [0, 0.1) is 0 Å². The number of hydrogen-bond acceptors (Lipinski definition) is 2. The van der Waals surface area contributed by atoms with E-state index in [2.05, 4.69) is 18.3 Å². The predicted octanol–water partition coefficient (Wildman–Crippen LogP) is 3.20. The van der Waals surface area contributed by atoms with E-state index in [9.17, 15) is 4.39 Å². The Labute approximate surface area is 115 Å². The van der Waals surface area contributed by atoms with Gasteiger partial charge in [-0.1, -0.05) is 37.6 Å². The topological polar surface area (TPSA) is 21.3 Å². The minimum atomic E-state index is -1.30. The maximum Gasteiger partial charge on any atom is 0.134 e. The normalized spacial score (nSPS) is 23.0. The molecular weight excluding hydrogens is 241 g/mol. The Bertz CT molecular complexity index is 399. The van der Waals surface area contributed by atoms with Crippen LogP contribution in [0.25, 0.3) is 0 Å². The molecule has 0 aliphatic carbocycles. The van der Waals surface area contributed by atoms with Gasteiger partial charge in [0.1, 0.15) is 5.67 Å². The SMILES string of the molecule is CCCc1cccc(C(C)(F)CC2COCCN2)c1. The Morgan fingerprint density at radius 1 is 1.47 bits per heavy atom. The number of rotatable bonds is 5. The molecule has 1 fully saturated rings. The number of aryl methyl sites for hydroxylation is 1. The first-order valence-electron chi connectivity index (χ1n) is 7.21. The van der Waals surface area contributed by atoms with Crippen LogP contribution in [-0.2, 0) is 16.8 Å². The molecular formula is C16H24FNO. The Morgan fingerprint density at radius 3 is 3.00 bits per heavy atom. The largest absolute Gasteiger partial charge is 0.379 e. The van der Waals surface area contributed by atoms with Gasteiger partial charge >= 0.3 is 0 Å². The second-order valence-electron chi connectivity index (χ2n) is 5.58. The van der Waals surface area contributed by atoms with Crippen LogP contribution in [0.3, 0.4) is 0 Å². The molecule has 0 bridgehead atoms. The zero-order valence-electron chi connectivity index (χ0n) is 11.9. The highest BCUT2D eigenvalue weighted by atomic mass is 19.1. The second-order valence-corrected chi connectivity index (χ2v) is 5.58. The van der Waals surface area contributed by atoms with Crippen LogP contribution in [0.5, 0.6) is 0 Å². The lowest BCUT2D eigenvalue weighted by molar-refractivity contribution is 0.0474. The molecule has 1 aliphatic rings. The fraction of sp³-hybridized carbons (Fsp3) is 0.625. The number of nitrogens with one attached hydrogen (secondary N) is 1. The number of hydrogen-bond donors (Lipinski definition) is 1. The Morgan fingerprint density at radius 2 is 2.32 bits per heavy atom. The van der Waals surface area contributed by atoms with Crippen LogP contribution < -0.4 is 5.32 Å². The highest BCUT2D eigenvalue weighted by molar-refractivity contribution is 5.28. The molecule has 0 aromatic heterocycles. The molecule has 1 aromatic carbocycles. The number of halogens is 1. The molecule has 2 rings (SSSR count). The van der Waals surface area contributed by atoms with Crippen molar-refractivity contribution >= 4 is 0 Å². The van der Waals surface area contributed by atoms with Gasteiger partial charge in [-0.05, 0) is 24.5 Å². The summed E-state index contributed by atoms with van der Waals surface area (Å²) in [5, 5.41) is 3.32. The van der Waals surface area contributed by atoms with Crippen LogP contribution in [-0.4, -0.2) is 25.8 Å². The number of morpholine rings is 1. The minimum Gasteiger partial charge on any atom is -0.379 e. The van der Waals surface area contributed by atoms with Crippen molar-refractivity contribution in [3.05, 3.63) is 35.4 Å². The quantitative estimate of drug-likeness (QED) is 0.882. The average Bonchev–Trinajstić information content (AvgIpc) is 2.40. The van der Waals surface area contributed by atoms with Gasteiger partial charge in [0.2, 0.25) is 0 Å². The lowest BCUT2D eigenvalue weighted by Gasteiger charge is -2.30. The molecule has 0 radical (unpaired) electrons. The van der Waals surface area contributed by atoms with Gasteiger partial charge in [0, 0.05) is 19.0 Å². The monoisotopic (exact) mass is 265 g/mol. The molecule has 1 aromatic rings. The van der Waals surface area contributed by atoms with Crippen molar-refractivity contribution in [3.63, 3.8) is 0 Å². The van der Waals surface area contributed by atoms with Crippen LogP contribution in [0.1, 0.15) is 37.8 Å². The summed E-state index contributed by atoms with van der Waals surface area (Å²) in [5.41, 5.74) is 0.699. The van der Waals surface area contributed by atoms with Gasteiger partial charge in [-0.15, -0.1) is 0 Å². The molecule has 1 aliphatic heterocycles. The first-order valence-corrected chi connectivity index (χ1v) is 7.21. The van der Waals surface area contributed by atoms with Gasteiger partial charge in [0.25, 0.3) is 0 Å². The van der Waals surface area contributed by atoms with Crippen LogP contribution in [0.4, 0.5) is 4.39 Å². The van der Waals surface area contributed by atoms with Crippen molar-refractivity contribution in [2.75, 3.05) is 19.8 Å². The summed E-state index contributed by atoms with van der Waals surface area (Å²) in [6.07, 6.45) is 2.56. The maximum absolute atomic E-state index is 14.9. The third-order valence-electron chi connectivity index (χ3n) is 3.70. The lowest BCUT2D eigenvalue weighted by Crippen LogP contribution is -2.44. The third-order valence-corrected chi connectivity index (χ3v) is 3.70. The van der Waals surface area contributed by atoms with E-state index >= 15 is 0 Å². The molecule has 0 amide bonds. The van der Waals surface area contributed by atoms with E-state index in [0.717, 1.165) is 31.6 Å². The number of ether oxygens (including phenoxy) is 1. The fourth-order valence-electron chi connectivity index (χ4n) is 2.67. The summed E-state index contributed by atoms with van der Waals surface area (Å²) < 4.78 is 20.3. The third kappa shape index (κ3) is 4.02. The Hall–Kier alpha value is -0.930. The van der Waals surface area contributed by atoms with E-state index in [-0.39, 0.29) is 6.04 Å². The number of alkyl halides is 1. The summed E-state index contributed by atoms with van der Waals surface area (Å²) in [5.74, 6) is 0. The standard InChI is InChI=1S/C16H24FNO/c1-3-5-13-6-4-7-14(10-13)16(2,17)11-15-12-19-9-8-18-15/h4,6-7,10,15,18H,3,5,8-9,11-12H2,1-2H3. The van der Waals surface area contributed by atoms with Gasteiger partial charge in [0.05, 0.1) is 13.2 Å². The van der Waals surface area contributed by atoms with E-state index < -0.39 is 5.67 Å².